The first-order chi connectivity index (χ1) is 9.67. The molecular formula is C16H18FNO2. The molecule has 0 spiro atoms. The molecule has 20 heavy (non-hydrogen) atoms. The lowest BCUT2D eigenvalue weighted by atomic mass is 9.89. The first-order valence-electron chi connectivity index (χ1n) is 6.44. The lowest BCUT2D eigenvalue weighted by Gasteiger charge is -2.22. The highest BCUT2D eigenvalue weighted by atomic mass is 19.1. The number of ether oxygens (including phenoxy) is 1. The van der Waals surface area contributed by atoms with Crippen LogP contribution in [0.3, 0.4) is 0 Å². The Kier molecular flexibility index (Phi) is 4.71. The van der Waals surface area contributed by atoms with Crippen LogP contribution in [0.15, 0.2) is 48.5 Å². The number of aliphatic hydroxyl groups excluding tert-OH is 1. The Morgan fingerprint density at radius 2 is 1.80 bits per heavy atom. The van der Waals surface area contributed by atoms with Crippen molar-refractivity contribution in [2.45, 2.75) is 12.0 Å². The lowest BCUT2D eigenvalue weighted by molar-refractivity contribution is 0.143. The van der Waals surface area contributed by atoms with Crippen LogP contribution in [0.25, 0.3) is 0 Å². The zero-order valence-electron chi connectivity index (χ0n) is 11.3. The van der Waals surface area contributed by atoms with Gasteiger partial charge in [0.15, 0.2) is 0 Å². The lowest BCUT2D eigenvalue weighted by Crippen LogP contribution is -2.20. The van der Waals surface area contributed by atoms with Crippen LogP contribution >= 0.6 is 0 Å². The smallest absolute Gasteiger partial charge is 0.129 e. The van der Waals surface area contributed by atoms with Gasteiger partial charge in [-0.15, -0.1) is 0 Å². The maximum absolute atomic E-state index is 13.8. The number of hydrogen-bond donors (Lipinski definition) is 2. The van der Waals surface area contributed by atoms with E-state index in [1.807, 2.05) is 12.1 Å². The van der Waals surface area contributed by atoms with E-state index in [2.05, 4.69) is 0 Å². The number of methoxy groups -OCH3 is 1. The topological polar surface area (TPSA) is 55.5 Å². The Morgan fingerprint density at radius 1 is 1.15 bits per heavy atom. The molecule has 0 fully saturated rings. The van der Waals surface area contributed by atoms with Gasteiger partial charge in [0.25, 0.3) is 0 Å². The van der Waals surface area contributed by atoms with Crippen LogP contribution < -0.4 is 10.5 Å². The third-order valence-corrected chi connectivity index (χ3v) is 3.40. The summed E-state index contributed by atoms with van der Waals surface area (Å²) in [5.74, 6) is -0.0605. The highest BCUT2D eigenvalue weighted by molar-refractivity contribution is 5.32. The molecule has 0 aliphatic carbocycles. The van der Waals surface area contributed by atoms with Gasteiger partial charge in [0.05, 0.1) is 13.2 Å². The predicted octanol–water partition coefficient (Wildman–Crippen LogP) is 2.61. The number of aliphatic hydroxyl groups is 1. The summed E-state index contributed by atoms with van der Waals surface area (Å²) in [7, 11) is 1.59. The third kappa shape index (κ3) is 2.98. The molecule has 0 saturated heterocycles. The van der Waals surface area contributed by atoms with Gasteiger partial charge in [0.2, 0.25) is 0 Å². The minimum Gasteiger partial charge on any atom is -0.497 e. The van der Waals surface area contributed by atoms with Gasteiger partial charge in [-0.2, -0.15) is 0 Å². The van der Waals surface area contributed by atoms with E-state index in [0.717, 1.165) is 11.3 Å². The van der Waals surface area contributed by atoms with Crippen LogP contribution in [-0.4, -0.2) is 18.8 Å². The average Bonchev–Trinajstić information content (AvgIpc) is 2.49. The first kappa shape index (κ1) is 14.5. The zero-order chi connectivity index (χ0) is 14.5. The second kappa shape index (κ2) is 6.50. The van der Waals surface area contributed by atoms with E-state index in [9.17, 15) is 9.50 Å². The molecule has 106 valence electrons. The summed E-state index contributed by atoms with van der Waals surface area (Å²) in [6.07, 6.45) is -0.977. The highest BCUT2D eigenvalue weighted by Crippen LogP contribution is 2.32. The monoisotopic (exact) mass is 275 g/mol. The molecular weight excluding hydrogens is 257 g/mol. The largest absolute Gasteiger partial charge is 0.497 e. The maximum atomic E-state index is 13.8. The Labute approximate surface area is 117 Å². The molecule has 2 rings (SSSR count). The maximum Gasteiger partial charge on any atom is 0.129 e. The van der Waals surface area contributed by atoms with Gasteiger partial charge in [0, 0.05) is 18.0 Å². The van der Waals surface area contributed by atoms with Crippen LogP contribution in [0.4, 0.5) is 4.39 Å². The van der Waals surface area contributed by atoms with Crippen molar-refractivity contribution in [1.82, 2.24) is 0 Å². The molecule has 0 heterocycles. The molecule has 2 aromatic rings. The second-order valence-corrected chi connectivity index (χ2v) is 4.58. The van der Waals surface area contributed by atoms with Crippen LogP contribution in [0, 0.1) is 5.82 Å². The van der Waals surface area contributed by atoms with Crippen molar-refractivity contribution in [3.05, 3.63) is 65.5 Å². The van der Waals surface area contributed by atoms with Crippen LogP contribution in [0.2, 0.25) is 0 Å². The normalized spacial score (nSPS) is 13.8. The summed E-state index contributed by atoms with van der Waals surface area (Å²) < 4.78 is 18.8. The van der Waals surface area contributed by atoms with Gasteiger partial charge >= 0.3 is 0 Å². The molecule has 0 aromatic heterocycles. The summed E-state index contributed by atoms with van der Waals surface area (Å²) in [4.78, 5) is 0. The van der Waals surface area contributed by atoms with E-state index in [0.29, 0.717) is 0 Å². The quantitative estimate of drug-likeness (QED) is 0.882. The molecule has 2 atom stereocenters. The minimum atomic E-state index is -0.977. The molecule has 0 aliphatic rings. The Hall–Kier alpha value is -1.91. The third-order valence-electron chi connectivity index (χ3n) is 3.40. The number of rotatable bonds is 5. The van der Waals surface area contributed by atoms with Crippen molar-refractivity contribution in [3.8, 4) is 5.75 Å². The van der Waals surface area contributed by atoms with Gasteiger partial charge in [0.1, 0.15) is 11.6 Å². The fourth-order valence-electron chi connectivity index (χ4n) is 2.23. The molecule has 4 heteroatoms. The number of benzene rings is 2. The number of nitrogens with two attached hydrogens (primary N) is 1. The molecule has 2 unspecified atom stereocenters. The van der Waals surface area contributed by atoms with E-state index in [1.54, 1.807) is 37.4 Å². The molecule has 0 saturated carbocycles. The highest BCUT2D eigenvalue weighted by Gasteiger charge is 2.23. The SMILES string of the molecule is COc1ccc(C(CN)C(O)c2ccccc2F)cc1. The molecule has 0 aliphatic heterocycles. The standard InChI is InChI=1S/C16H18FNO2/c1-20-12-8-6-11(7-9-12)14(10-18)16(19)13-4-2-3-5-15(13)17/h2-9,14,16,19H,10,18H2,1H3. The summed E-state index contributed by atoms with van der Waals surface area (Å²) in [5, 5.41) is 10.4. The van der Waals surface area contributed by atoms with Crippen molar-refractivity contribution in [2.75, 3.05) is 13.7 Å². The number of hydrogen-bond acceptors (Lipinski definition) is 3. The molecule has 0 amide bonds. The van der Waals surface area contributed by atoms with Crippen LogP contribution in [-0.2, 0) is 0 Å². The van der Waals surface area contributed by atoms with Crippen molar-refractivity contribution in [3.63, 3.8) is 0 Å². The Balaban J connectivity index is 2.29. The van der Waals surface area contributed by atoms with E-state index < -0.39 is 11.9 Å². The van der Waals surface area contributed by atoms with E-state index in [4.69, 9.17) is 10.5 Å². The van der Waals surface area contributed by atoms with Crippen molar-refractivity contribution < 1.29 is 14.2 Å². The van der Waals surface area contributed by atoms with Crippen LogP contribution in [0.1, 0.15) is 23.1 Å². The van der Waals surface area contributed by atoms with E-state index >= 15 is 0 Å². The molecule has 2 aromatic carbocycles. The number of halogens is 1. The summed E-state index contributed by atoms with van der Waals surface area (Å²) in [5.41, 5.74) is 6.86. The second-order valence-electron chi connectivity index (χ2n) is 4.58. The molecule has 0 bridgehead atoms. The average molecular weight is 275 g/mol. The molecule has 3 N–H and O–H groups in total. The fraction of sp³-hybridized carbons (Fsp3) is 0.250. The van der Waals surface area contributed by atoms with Gasteiger partial charge in [-0.3, -0.25) is 0 Å². The zero-order valence-corrected chi connectivity index (χ0v) is 11.3. The molecule has 0 radical (unpaired) electrons. The summed E-state index contributed by atoms with van der Waals surface area (Å²) in [6.45, 7) is 0.224. The van der Waals surface area contributed by atoms with E-state index in [-0.39, 0.29) is 18.0 Å². The van der Waals surface area contributed by atoms with Crippen molar-refractivity contribution in [1.29, 1.82) is 0 Å². The van der Waals surface area contributed by atoms with Gasteiger partial charge < -0.3 is 15.6 Å². The van der Waals surface area contributed by atoms with Crippen molar-refractivity contribution >= 4 is 0 Å². The predicted molar refractivity (Wildman–Crippen MR) is 76.1 cm³/mol. The van der Waals surface area contributed by atoms with Gasteiger partial charge in [-0.05, 0) is 23.8 Å². The van der Waals surface area contributed by atoms with Crippen LogP contribution in [0.5, 0.6) is 5.75 Å². The summed E-state index contributed by atoms with van der Waals surface area (Å²) >= 11 is 0. The molecule has 3 nitrogen and oxygen atoms in total. The summed E-state index contributed by atoms with van der Waals surface area (Å²) in [6, 6.07) is 13.5. The Morgan fingerprint density at radius 3 is 2.35 bits per heavy atom. The Bertz CT molecular complexity index is 557. The fourth-order valence-corrected chi connectivity index (χ4v) is 2.23. The van der Waals surface area contributed by atoms with Crippen molar-refractivity contribution in [2.24, 2.45) is 5.73 Å². The first-order valence-corrected chi connectivity index (χ1v) is 6.44. The van der Waals surface area contributed by atoms with Gasteiger partial charge in [-0.1, -0.05) is 30.3 Å². The van der Waals surface area contributed by atoms with E-state index in [1.165, 1.54) is 6.07 Å². The van der Waals surface area contributed by atoms with Gasteiger partial charge in [-0.25, -0.2) is 4.39 Å². The minimum absolute atomic E-state index is 0.224.